The standard InChI is InChI=1S/C15H9ClF3N5/c16-11-3-7-13(8-4-11)22-24-14(9-20)23-21-12-5-1-10(2-6-12)15(17,18)19/h1-8,14H. The first-order valence-electron chi connectivity index (χ1n) is 6.52. The summed E-state index contributed by atoms with van der Waals surface area (Å²) >= 11 is 5.73. The van der Waals surface area contributed by atoms with Crippen LogP contribution < -0.4 is 0 Å². The van der Waals surface area contributed by atoms with Crippen LogP contribution >= 0.6 is 11.6 Å². The molecule has 0 aliphatic heterocycles. The number of nitrogens with zero attached hydrogens (tertiary/aromatic N) is 5. The Hall–Kier alpha value is -2.79. The fourth-order valence-corrected chi connectivity index (χ4v) is 1.67. The van der Waals surface area contributed by atoms with Crippen LogP contribution in [0.3, 0.4) is 0 Å². The van der Waals surface area contributed by atoms with E-state index in [0.717, 1.165) is 24.3 Å². The fraction of sp³-hybridized carbons (Fsp3) is 0.133. The van der Waals surface area contributed by atoms with Crippen LogP contribution in [-0.4, -0.2) is 6.17 Å². The molecule has 0 heterocycles. The first kappa shape index (κ1) is 17.6. The van der Waals surface area contributed by atoms with Gasteiger partial charge in [0.2, 0.25) is 0 Å². The van der Waals surface area contributed by atoms with Gasteiger partial charge < -0.3 is 0 Å². The van der Waals surface area contributed by atoms with Crippen molar-refractivity contribution in [3.05, 3.63) is 59.1 Å². The van der Waals surface area contributed by atoms with E-state index in [1.165, 1.54) is 0 Å². The van der Waals surface area contributed by atoms with E-state index >= 15 is 0 Å². The SMILES string of the molecule is N#CC(N=Nc1ccc(Cl)cc1)N=Nc1ccc(C(F)(F)F)cc1. The number of rotatable bonds is 4. The van der Waals surface area contributed by atoms with Gasteiger partial charge in [-0.25, -0.2) is 0 Å². The Labute approximate surface area is 140 Å². The second-order valence-corrected chi connectivity index (χ2v) is 4.89. The highest BCUT2D eigenvalue weighted by molar-refractivity contribution is 6.30. The molecule has 0 fully saturated rings. The van der Waals surface area contributed by atoms with Crippen LogP contribution in [0.5, 0.6) is 0 Å². The maximum Gasteiger partial charge on any atom is 0.416 e. The molecule has 0 radical (unpaired) electrons. The average Bonchev–Trinajstić information content (AvgIpc) is 2.56. The molecule has 0 aliphatic rings. The normalized spacial score (nSPS) is 13.3. The average molecular weight is 352 g/mol. The van der Waals surface area contributed by atoms with E-state index in [0.29, 0.717) is 10.7 Å². The van der Waals surface area contributed by atoms with Gasteiger partial charge in [0.15, 0.2) is 0 Å². The van der Waals surface area contributed by atoms with Gasteiger partial charge in [0.05, 0.1) is 16.9 Å². The van der Waals surface area contributed by atoms with Gasteiger partial charge in [0, 0.05) is 5.02 Å². The lowest BCUT2D eigenvalue weighted by Crippen LogP contribution is -2.03. The van der Waals surface area contributed by atoms with Gasteiger partial charge in [-0.15, -0.1) is 10.2 Å². The number of alkyl halides is 3. The largest absolute Gasteiger partial charge is 0.416 e. The fourth-order valence-electron chi connectivity index (χ4n) is 1.54. The summed E-state index contributed by atoms with van der Waals surface area (Å²) < 4.78 is 37.3. The smallest absolute Gasteiger partial charge is 0.194 e. The second-order valence-electron chi connectivity index (χ2n) is 4.45. The first-order chi connectivity index (χ1) is 11.4. The van der Waals surface area contributed by atoms with Crippen molar-refractivity contribution in [3.63, 3.8) is 0 Å². The molecule has 24 heavy (non-hydrogen) atoms. The molecule has 2 rings (SSSR count). The molecule has 2 aromatic rings. The summed E-state index contributed by atoms with van der Waals surface area (Å²) in [6.45, 7) is 0. The molecule has 0 aliphatic carbocycles. The zero-order valence-corrected chi connectivity index (χ0v) is 12.7. The van der Waals surface area contributed by atoms with Gasteiger partial charge in [-0.2, -0.15) is 28.7 Å². The van der Waals surface area contributed by atoms with E-state index in [9.17, 15) is 13.2 Å². The molecule has 9 heteroatoms. The molecule has 0 saturated carbocycles. The van der Waals surface area contributed by atoms with Crippen molar-refractivity contribution in [1.82, 2.24) is 0 Å². The zero-order valence-electron chi connectivity index (χ0n) is 11.9. The minimum Gasteiger partial charge on any atom is -0.194 e. The minimum absolute atomic E-state index is 0.171. The highest BCUT2D eigenvalue weighted by Crippen LogP contribution is 2.30. The van der Waals surface area contributed by atoms with Crippen molar-refractivity contribution < 1.29 is 13.2 Å². The molecule has 0 aromatic heterocycles. The molecule has 0 amide bonds. The third-order valence-electron chi connectivity index (χ3n) is 2.70. The molecule has 1 atom stereocenters. The highest BCUT2D eigenvalue weighted by atomic mass is 35.5. The van der Waals surface area contributed by atoms with Crippen molar-refractivity contribution in [1.29, 1.82) is 5.26 Å². The molecule has 0 N–H and O–H groups in total. The van der Waals surface area contributed by atoms with Crippen LogP contribution in [0.4, 0.5) is 24.5 Å². The van der Waals surface area contributed by atoms with Crippen molar-refractivity contribution in [3.8, 4) is 6.07 Å². The third kappa shape index (κ3) is 5.14. The highest BCUT2D eigenvalue weighted by Gasteiger charge is 2.29. The molecule has 2 aromatic carbocycles. The summed E-state index contributed by atoms with van der Waals surface area (Å²) in [6, 6.07) is 12.3. The van der Waals surface area contributed by atoms with Crippen LogP contribution in [0.1, 0.15) is 5.56 Å². The number of hydrogen-bond acceptors (Lipinski definition) is 5. The first-order valence-corrected chi connectivity index (χ1v) is 6.90. The Balaban J connectivity index is 2.05. The van der Waals surface area contributed by atoms with E-state index in [-0.39, 0.29) is 5.69 Å². The van der Waals surface area contributed by atoms with Crippen LogP contribution in [-0.2, 0) is 6.18 Å². The van der Waals surface area contributed by atoms with Gasteiger partial charge in [-0.1, -0.05) is 11.6 Å². The van der Waals surface area contributed by atoms with Crippen molar-refractivity contribution >= 4 is 23.0 Å². The Morgan fingerprint density at radius 3 is 1.75 bits per heavy atom. The van der Waals surface area contributed by atoms with E-state index in [4.69, 9.17) is 16.9 Å². The van der Waals surface area contributed by atoms with Crippen LogP contribution in [0, 0.1) is 11.3 Å². The van der Waals surface area contributed by atoms with Crippen LogP contribution in [0.2, 0.25) is 5.02 Å². The Kier molecular flexibility index (Phi) is 5.60. The maximum atomic E-state index is 12.4. The summed E-state index contributed by atoms with van der Waals surface area (Å²) in [7, 11) is 0. The zero-order chi connectivity index (χ0) is 17.6. The number of benzene rings is 2. The molecule has 0 bridgehead atoms. The molecular formula is C15H9ClF3N5. The van der Waals surface area contributed by atoms with E-state index < -0.39 is 17.9 Å². The van der Waals surface area contributed by atoms with Crippen molar-refractivity contribution in [2.45, 2.75) is 12.3 Å². The Bertz CT molecular complexity index is 777. The van der Waals surface area contributed by atoms with Crippen molar-refractivity contribution in [2.24, 2.45) is 20.5 Å². The van der Waals surface area contributed by atoms with E-state index in [1.54, 1.807) is 30.3 Å². The number of halogens is 4. The van der Waals surface area contributed by atoms with Gasteiger partial charge >= 0.3 is 6.18 Å². The molecule has 122 valence electrons. The molecule has 0 saturated heterocycles. The summed E-state index contributed by atoms with van der Waals surface area (Å²) in [5.74, 6) is 0. The lowest BCUT2D eigenvalue weighted by atomic mass is 10.2. The predicted molar refractivity (Wildman–Crippen MR) is 81.3 cm³/mol. The summed E-state index contributed by atoms with van der Waals surface area (Å²) in [4.78, 5) is 0. The molecule has 1 unspecified atom stereocenters. The van der Waals surface area contributed by atoms with Crippen LogP contribution in [0.25, 0.3) is 0 Å². The quantitative estimate of drug-likeness (QED) is 0.615. The van der Waals surface area contributed by atoms with Crippen LogP contribution in [0.15, 0.2) is 69.0 Å². The maximum absolute atomic E-state index is 12.4. The second kappa shape index (κ2) is 7.66. The van der Waals surface area contributed by atoms with E-state index in [2.05, 4.69) is 20.5 Å². The minimum atomic E-state index is -4.42. The van der Waals surface area contributed by atoms with Gasteiger partial charge in [-0.05, 0) is 48.5 Å². The molecule has 0 spiro atoms. The summed E-state index contributed by atoms with van der Waals surface area (Å²) in [5, 5.41) is 24.3. The van der Waals surface area contributed by atoms with Gasteiger partial charge in [-0.3, -0.25) is 0 Å². The van der Waals surface area contributed by atoms with Gasteiger partial charge in [0.1, 0.15) is 6.07 Å². The molecular weight excluding hydrogens is 343 g/mol. The monoisotopic (exact) mass is 351 g/mol. The number of nitriles is 1. The predicted octanol–water partition coefficient (Wildman–Crippen LogP) is 6.08. The summed E-state index contributed by atoms with van der Waals surface area (Å²) in [6.07, 6.45) is -5.62. The van der Waals surface area contributed by atoms with Gasteiger partial charge in [0.25, 0.3) is 6.17 Å². The number of hydrogen-bond donors (Lipinski definition) is 0. The Morgan fingerprint density at radius 2 is 1.33 bits per heavy atom. The lowest BCUT2D eigenvalue weighted by molar-refractivity contribution is -0.137. The Morgan fingerprint density at radius 1 is 0.875 bits per heavy atom. The third-order valence-corrected chi connectivity index (χ3v) is 2.95. The van der Waals surface area contributed by atoms with E-state index in [1.807, 2.05) is 0 Å². The topological polar surface area (TPSA) is 73.2 Å². The lowest BCUT2D eigenvalue weighted by Gasteiger charge is -2.05. The number of azo groups is 2. The van der Waals surface area contributed by atoms with Crippen molar-refractivity contribution in [2.75, 3.05) is 0 Å². The summed E-state index contributed by atoms with van der Waals surface area (Å²) in [5.41, 5.74) is -0.143. The molecule has 5 nitrogen and oxygen atoms in total.